The van der Waals surface area contributed by atoms with Gasteiger partial charge >= 0.3 is 0 Å². The van der Waals surface area contributed by atoms with E-state index in [2.05, 4.69) is 27.9 Å². The molecule has 1 amide bonds. The van der Waals surface area contributed by atoms with Gasteiger partial charge in [-0.3, -0.25) is 9.48 Å². The Balaban J connectivity index is 1.66. The molecule has 1 aromatic carbocycles. The van der Waals surface area contributed by atoms with E-state index in [1.54, 1.807) is 31.5 Å². The summed E-state index contributed by atoms with van der Waals surface area (Å²) in [5.74, 6) is 1.47. The first-order valence-corrected chi connectivity index (χ1v) is 9.91. The topological polar surface area (TPSA) is 87.7 Å². The molecule has 0 aliphatic rings. The van der Waals surface area contributed by atoms with Gasteiger partial charge in [0.2, 0.25) is 5.91 Å². The highest BCUT2D eigenvalue weighted by atomic mass is 16.3. The number of amides is 1. The molecule has 30 heavy (non-hydrogen) atoms. The molecule has 3 rings (SSSR count). The molecule has 8 heteroatoms. The number of rotatable bonds is 9. The van der Waals surface area contributed by atoms with E-state index < -0.39 is 0 Å². The van der Waals surface area contributed by atoms with Crippen LogP contribution in [0, 0.1) is 0 Å². The van der Waals surface area contributed by atoms with Crippen LogP contribution in [0.1, 0.15) is 16.9 Å². The Labute approximate surface area is 176 Å². The van der Waals surface area contributed by atoms with E-state index in [0.29, 0.717) is 25.6 Å². The number of guanidine groups is 1. The molecule has 0 spiro atoms. The highest BCUT2D eigenvalue weighted by Gasteiger charge is 2.08. The summed E-state index contributed by atoms with van der Waals surface area (Å²) in [5, 5.41) is 10.7. The number of hydrogen-bond donors (Lipinski definition) is 2. The Hall–Kier alpha value is -3.55. The first-order chi connectivity index (χ1) is 14.6. The summed E-state index contributed by atoms with van der Waals surface area (Å²) in [7, 11) is 3.47. The van der Waals surface area contributed by atoms with E-state index in [0.717, 1.165) is 23.3 Å². The summed E-state index contributed by atoms with van der Waals surface area (Å²) in [4.78, 5) is 18.2. The second-order valence-corrected chi connectivity index (χ2v) is 7.04. The Morgan fingerprint density at radius 1 is 1.13 bits per heavy atom. The molecule has 0 aliphatic carbocycles. The number of hydrogen-bond acceptors (Lipinski definition) is 4. The van der Waals surface area contributed by atoms with E-state index in [-0.39, 0.29) is 12.5 Å². The molecular weight excluding hydrogens is 380 g/mol. The van der Waals surface area contributed by atoms with Crippen LogP contribution in [0.25, 0.3) is 0 Å². The lowest BCUT2D eigenvalue weighted by molar-refractivity contribution is -0.127. The van der Waals surface area contributed by atoms with E-state index in [1.165, 1.54) is 0 Å². The van der Waals surface area contributed by atoms with Gasteiger partial charge in [-0.15, -0.1) is 0 Å². The van der Waals surface area contributed by atoms with Gasteiger partial charge in [0.1, 0.15) is 5.76 Å². The summed E-state index contributed by atoms with van der Waals surface area (Å²) in [6.07, 6.45) is 6.10. The fourth-order valence-electron chi connectivity index (χ4n) is 2.85. The first-order valence-electron chi connectivity index (χ1n) is 9.91. The molecule has 0 radical (unpaired) electrons. The minimum atomic E-state index is -0.0189. The van der Waals surface area contributed by atoms with Gasteiger partial charge in [0.15, 0.2) is 5.96 Å². The summed E-state index contributed by atoms with van der Waals surface area (Å²) in [6, 6.07) is 13.9. The number of benzene rings is 1. The lowest BCUT2D eigenvalue weighted by Gasteiger charge is -2.15. The van der Waals surface area contributed by atoms with Gasteiger partial charge in [-0.05, 0) is 29.3 Å². The smallest absolute Gasteiger partial charge is 0.241 e. The van der Waals surface area contributed by atoms with Gasteiger partial charge in [0.25, 0.3) is 0 Å². The Morgan fingerprint density at radius 3 is 2.67 bits per heavy atom. The number of nitrogens with zero attached hydrogens (tertiary/aromatic N) is 4. The number of carbonyl (C=O) groups excluding carboxylic acids is 1. The van der Waals surface area contributed by atoms with Crippen LogP contribution in [0.15, 0.2) is 70.5 Å². The van der Waals surface area contributed by atoms with Crippen LogP contribution >= 0.6 is 0 Å². The zero-order valence-electron chi connectivity index (χ0n) is 17.4. The van der Waals surface area contributed by atoms with Gasteiger partial charge in [-0.25, -0.2) is 4.99 Å². The minimum Gasteiger partial charge on any atom is -0.469 e. The molecule has 0 fully saturated rings. The van der Waals surface area contributed by atoms with Crippen molar-refractivity contribution in [1.82, 2.24) is 25.3 Å². The number of furan rings is 1. The highest BCUT2D eigenvalue weighted by molar-refractivity contribution is 5.86. The van der Waals surface area contributed by atoms with Crippen molar-refractivity contribution in [1.29, 1.82) is 0 Å². The van der Waals surface area contributed by atoms with E-state index in [9.17, 15) is 4.79 Å². The summed E-state index contributed by atoms with van der Waals surface area (Å²) < 4.78 is 7.26. The Kier molecular flexibility index (Phi) is 7.65. The molecule has 158 valence electrons. The third-order valence-electron chi connectivity index (χ3n) is 4.57. The number of likely N-dealkylation sites (N-methyl/N-ethyl adjacent to an activating group) is 1. The second-order valence-electron chi connectivity index (χ2n) is 7.04. The zero-order chi connectivity index (χ0) is 21.2. The van der Waals surface area contributed by atoms with Crippen LogP contribution in [-0.2, 0) is 24.3 Å². The molecule has 2 aromatic heterocycles. The van der Waals surface area contributed by atoms with Gasteiger partial charge in [0, 0.05) is 39.5 Å². The molecular formula is C22H28N6O2. The van der Waals surface area contributed by atoms with Crippen LogP contribution in [-0.4, -0.2) is 53.7 Å². The molecule has 0 saturated heterocycles. The maximum absolute atomic E-state index is 12.0. The zero-order valence-corrected chi connectivity index (χ0v) is 17.4. The average Bonchev–Trinajstić information content (AvgIpc) is 3.44. The number of aliphatic imine (C=N–C) groups is 1. The van der Waals surface area contributed by atoms with Crippen molar-refractivity contribution in [2.75, 3.05) is 27.2 Å². The van der Waals surface area contributed by atoms with Crippen molar-refractivity contribution in [2.45, 2.75) is 19.5 Å². The van der Waals surface area contributed by atoms with Crippen LogP contribution in [0.2, 0.25) is 0 Å². The molecule has 0 unspecified atom stereocenters. The van der Waals surface area contributed by atoms with E-state index >= 15 is 0 Å². The van der Waals surface area contributed by atoms with Gasteiger partial charge in [-0.1, -0.05) is 24.3 Å². The number of carbonyl (C=O) groups is 1. The predicted octanol–water partition coefficient (Wildman–Crippen LogP) is 1.89. The largest absolute Gasteiger partial charge is 0.469 e. The van der Waals surface area contributed by atoms with E-state index in [4.69, 9.17) is 9.41 Å². The predicted molar refractivity (Wildman–Crippen MR) is 116 cm³/mol. The summed E-state index contributed by atoms with van der Waals surface area (Å²) >= 11 is 0. The number of nitrogens with one attached hydrogen (secondary N) is 2. The lowest BCUT2D eigenvalue weighted by atomic mass is 10.1. The van der Waals surface area contributed by atoms with Crippen molar-refractivity contribution in [2.24, 2.45) is 4.99 Å². The quantitative estimate of drug-likeness (QED) is 0.417. The van der Waals surface area contributed by atoms with Crippen LogP contribution in [0.3, 0.4) is 0 Å². The first kappa shape index (κ1) is 21.2. The monoisotopic (exact) mass is 408 g/mol. The molecule has 0 aliphatic heterocycles. The maximum Gasteiger partial charge on any atom is 0.241 e. The molecule has 0 atom stereocenters. The number of aromatic nitrogens is 2. The third-order valence-corrected chi connectivity index (χ3v) is 4.57. The molecule has 2 heterocycles. The minimum absolute atomic E-state index is 0.0189. The molecule has 0 bridgehead atoms. The van der Waals surface area contributed by atoms with Gasteiger partial charge in [-0.2, -0.15) is 5.10 Å². The Bertz CT molecular complexity index is 932. The molecule has 2 N–H and O–H groups in total. The lowest BCUT2D eigenvalue weighted by Crippen LogP contribution is -2.43. The van der Waals surface area contributed by atoms with Crippen molar-refractivity contribution in [3.8, 4) is 0 Å². The van der Waals surface area contributed by atoms with Crippen LogP contribution < -0.4 is 10.6 Å². The van der Waals surface area contributed by atoms with Gasteiger partial charge < -0.3 is 20.0 Å². The maximum atomic E-state index is 12.0. The molecule has 8 nitrogen and oxygen atoms in total. The third kappa shape index (κ3) is 6.51. The van der Waals surface area contributed by atoms with Crippen molar-refractivity contribution < 1.29 is 9.21 Å². The normalized spacial score (nSPS) is 11.3. The second kappa shape index (κ2) is 10.8. The highest BCUT2D eigenvalue weighted by Crippen LogP contribution is 2.11. The fraction of sp³-hybridized carbons (Fsp3) is 0.318. The van der Waals surface area contributed by atoms with Crippen molar-refractivity contribution in [3.63, 3.8) is 0 Å². The average molecular weight is 409 g/mol. The molecule has 0 saturated carbocycles. The van der Waals surface area contributed by atoms with Crippen LogP contribution in [0.5, 0.6) is 0 Å². The van der Waals surface area contributed by atoms with Crippen molar-refractivity contribution in [3.05, 3.63) is 78.0 Å². The standard InChI is InChI=1S/C22H28N6O2/c1-27(2)21(29)16-25-22(23-12-10-20-9-5-14-30-20)24-15-18-7-3-4-8-19(18)17-28-13-6-11-26-28/h3-9,11,13-14H,10,12,15-17H2,1-2H3,(H2,23,24,25). The SMILES string of the molecule is CN(C)C(=O)CNC(=NCc1ccccc1Cn1cccn1)NCCc1ccco1. The van der Waals surface area contributed by atoms with Gasteiger partial charge in [0.05, 0.1) is 25.9 Å². The summed E-state index contributed by atoms with van der Waals surface area (Å²) in [6.45, 7) is 2.00. The summed E-state index contributed by atoms with van der Waals surface area (Å²) in [5.41, 5.74) is 2.27. The Morgan fingerprint density at radius 2 is 1.97 bits per heavy atom. The van der Waals surface area contributed by atoms with Crippen molar-refractivity contribution >= 4 is 11.9 Å². The fourth-order valence-corrected chi connectivity index (χ4v) is 2.85. The van der Waals surface area contributed by atoms with E-state index in [1.807, 2.05) is 41.2 Å². The van der Waals surface area contributed by atoms with Crippen LogP contribution in [0.4, 0.5) is 0 Å². The molecule has 3 aromatic rings.